The summed E-state index contributed by atoms with van der Waals surface area (Å²) in [7, 11) is 0. The Kier molecular flexibility index (Phi) is 3.29. The number of hydrogen-bond acceptors (Lipinski definition) is 4. The fourth-order valence-electron chi connectivity index (χ4n) is 2.31. The van der Waals surface area contributed by atoms with Gasteiger partial charge in [-0.3, -0.25) is 4.98 Å². The maximum atomic E-state index is 4.40. The maximum Gasteiger partial charge on any atom is 0.156 e. The Morgan fingerprint density at radius 2 is 1.85 bits per heavy atom. The molecule has 0 aliphatic heterocycles. The van der Waals surface area contributed by atoms with Crippen LogP contribution in [0.15, 0.2) is 42.7 Å². The van der Waals surface area contributed by atoms with Crippen molar-refractivity contribution in [3.8, 4) is 11.3 Å². The molecule has 1 N–H and O–H groups in total. The number of nitrogens with one attached hydrogen (secondary N) is 1. The van der Waals surface area contributed by atoms with Gasteiger partial charge in [0, 0.05) is 35.3 Å². The summed E-state index contributed by atoms with van der Waals surface area (Å²) >= 11 is 0. The second-order valence-electron chi connectivity index (χ2n) is 4.66. The van der Waals surface area contributed by atoms with Crippen LogP contribution in [0.2, 0.25) is 0 Å². The van der Waals surface area contributed by atoms with E-state index in [2.05, 4.69) is 46.5 Å². The zero-order valence-electron chi connectivity index (χ0n) is 11.6. The number of aryl methyl sites for hydroxylation is 1. The van der Waals surface area contributed by atoms with Crippen molar-refractivity contribution in [2.75, 3.05) is 11.9 Å². The van der Waals surface area contributed by atoms with Crippen molar-refractivity contribution >= 4 is 16.6 Å². The Morgan fingerprint density at radius 3 is 2.60 bits per heavy atom. The van der Waals surface area contributed by atoms with Gasteiger partial charge in [0.25, 0.3) is 0 Å². The lowest BCUT2D eigenvalue weighted by atomic mass is 10.0. The molecule has 2 aromatic heterocycles. The molecule has 0 saturated heterocycles. The number of pyridine rings is 1. The third-order valence-corrected chi connectivity index (χ3v) is 3.33. The van der Waals surface area contributed by atoms with E-state index in [4.69, 9.17) is 0 Å². The van der Waals surface area contributed by atoms with E-state index >= 15 is 0 Å². The van der Waals surface area contributed by atoms with Crippen molar-refractivity contribution in [2.45, 2.75) is 13.8 Å². The minimum Gasteiger partial charge on any atom is -0.368 e. The Bertz CT molecular complexity index is 752. The summed E-state index contributed by atoms with van der Waals surface area (Å²) in [5, 5.41) is 14.2. The third-order valence-electron chi connectivity index (χ3n) is 3.33. The fraction of sp³-hybridized carbons (Fsp3) is 0.188. The summed E-state index contributed by atoms with van der Waals surface area (Å²) in [4.78, 5) is 4.20. The molecule has 4 nitrogen and oxygen atoms in total. The zero-order chi connectivity index (χ0) is 13.9. The number of aromatic nitrogens is 3. The van der Waals surface area contributed by atoms with Gasteiger partial charge < -0.3 is 5.32 Å². The first kappa shape index (κ1) is 12.5. The summed E-state index contributed by atoms with van der Waals surface area (Å²) in [6, 6.07) is 10.2. The highest BCUT2D eigenvalue weighted by molar-refractivity contribution is 6.00. The van der Waals surface area contributed by atoms with Crippen LogP contribution in [0.25, 0.3) is 22.0 Å². The molecule has 100 valence electrons. The number of benzene rings is 1. The van der Waals surface area contributed by atoms with Crippen LogP contribution in [0, 0.1) is 6.92 Å². The molecule has 0 amide bonds. The van der Waals surface area contributed by atoms with E-state index < -0.39 is 0 Å². The minimum absolute atomic E-state index is 0.823. The predicted molar refractivity (Wildman–Crippen MR) is 81.7 cm³/mol. The van der Waals surface area contributed by atoms with Gasteiger partial charge in [0.2, 0.25) is 0 Å². The van der Waals surface area contributed by atoms with Crippen molar-refractivity contribution in [3.63, 3.8) is 0 Å². The lowest BCUT2D eigenvalue weighted by Crippen LogP contribution is -2.03. The van der Waals surface area contributed by atoms with E-state index in [1.807, 2.05) is 24.4 Å². The Morgan fingerprint density at radius 1 is 1.05 bits per heavy atom. The standard InChI is InChI=1S/C16H16N4/c1-3-18-16-13-7-5-4-6-12(13)15(19-20-16)14-10-17-9-8-11(14)2/h4-10H,3H2,1-2H3,(H,18,20). The van der Waals surface area contributed by atoms with Gasteiger partial charge in [-0.05, 0) is 25.5 Å². The maximum absolute atomic E-state index is 4.40. The highest BCUT2D eigenvalue weighted by Crippen LogP contribution is 2.30. The molecule has 0 bridgehead atoms. The summed E-state index contributed by atoms with van der Waals surface area (Å²) in [5.74, 6) is 0.827. The van der Waals surface area contributed by atoms with Gasteiger partial charge in [-0.2, -0.15) is 0 Å². The quantitative estimate of drug-likeness (QED) is 0.787. The van der Waals surface area contributed by atoms with Crippen molar-refractivity contribution in [1.29, 1.82) is 0 Å². The second-order valence-corrected chi connectivity index (χ2v) is 4.66. The molecule has 0 atom stereocenters. The summed E-state index contributed by atoms with van der Waals surface area (Å²) in [5.41, 5.74) is 3.06. The van der Waals surface area contributed by atoms with Crippen LogP contribution in [-0.4, -0.2) is 21.7 Å². The van der Waals surface area contributed by atoms with E-state index in [0.29, 0.717) is 0 Å². The summed E-state index contributed by atoms with van der Waals surface area (Å²) in [6.45, 7) is 4.94. The Labute approximate surface area is 117 Å². The molecule has 0 radical (unpaired) electrons. The fourth-order valence-corrected chi connectivity index (χ4v) is 2.31. The first-order chi connectivity index (χ1) is 9.81. The molecule has 4 heteroatoms. The van der Waals surface area contributed by atoms with Gasteiger partial charge in [-0.1, -0.05) is 24.3 Å². The van der Waals surface area contributed by atoms with Crippen LogP contribution in [0.1, 0.15) is 12.5 Å². The predicted octanol–water partition coefficient (Wildman–Crippen LogP) is 3.43. The van der Waals surface area contributed by atoms with E-state index in [1.54, 1.807) is 6.20 Å². The molecule has 0 unspecified atom stereocenters. The molecular weight excluding hydrogens is 248 g/mol. The summed E-state index contributed by atoms with van der Waals surface area (Å²) < 4.78 is 0. The molecule has 0 aliphatic carbocycles. The van der Waals surface area contributed by atoms with Crippen LogP contribution < -0.4 is 5.32 Å². The molecule has 0 spiro atoms. The van der Waals surface area contributed by atoms with Gasteiger partial charge >= 0.3 is 0 Å². The first-order valence-corrected chi connectivity index (χ1v) is 6.71. The Hall–Kier alpha value is -2.49. The minimum atomic E-state index is 0.823. The number of rotatable bonds is 3. The van der Waals surface area contributed by atoms with Gasteiger partial charge in [0.05, 0.1) is 0 Å². The normalized spacial score (nSPS) is 10.7. The van der Waals surface area contributed by atoms with Crippen molar-refractivity contribution in [1.82, 2.24) is 15.2 Å². The lowest BCUT2D eigenvalue weighted by molar-refractivity contribution is 1.03. The van der Waals surface area contributed by atoms with Gasteiger partial charge in [0.15, 0.2) is 5.82 Å². The molecular formula is C16H16N4. The van der Waals surface area contributed by atoms with E-state index in [-0.39, 0.29) is 0 Å². The Balaban J connectivity index is 2.28. The molecule has 20 heavy (non-hydrogen) atoms. The molecule has 0 fully saturated rings. The topological polar surface area (TPSA) is 50.7 Å². The number of fused-ring (bicyclic) bond motifs is 1. The zero-order valence-corrected chi connectivity index (χ0v) is 11.6. The van der Waals surface area contributed by atoms with Crippen LogP contribution in [0.3, 0.4) is 0 Å². The average molecular weight is 264 g/mol. The monoisotopic (exact) mass is 264 g/mol. The van der Waals surface area contributed by atoms with Crippen LogP contribution in [0.4, 0.5) is 5.82 Å². The largest absolute Gasteiger partial charge is 0.368 e. The molecule has 1 aromatic carbocycles. The van der Waals surface area contributed by atoms with Crippen molar-refractivity contribution in [2.24, 2.45) is 0 Å². The van der Waals surface area contributed by atoms with Gasteiger partial charge in [-0.15, -0.1) is 10.2 Å². The number of nitrogens with zero attached hydrogens (tertiary/aromatic N) is 3. The molecule has 3 aromatic rings. The SMILES string of the molecule is CCNc1nnc(-c2cnccc2C)c2ccccc12. The highest BCUT2D eigenvalue weighted by Gasteiger charge is 2.11. The third kappa shape index (κ3) is 2.09. The first-order valence-electron chi connectivity index (χ1n) is 6.71. The lowest BCUT2D eigenvalue weighted by Gasteiger charge is -2.11. The second kappa shape index (κ2) is 5.25. The van der Waals surface area contributed by atoms with E-state index in [1.165, 1.54) is 0 Å². The average Bonchev–Trinajstić information content (AvgIpc) is 2.49. The highest BCUT2D eigenvalue weighted by atomic mass is 15.2. The molecule has 0 saturated carbocycles. The number of hydrogen-bond donors (Lipinski definition) is 1. The van der Waals surface area contributed by atoms with Gasteiger partial charge in [0.1, 0.15) is 5.69 Å². The molecule has 0 aliphatic rings. The van der Waals surface area contributed by atoms with E-state index in [0.717, 1.165) is 40.0 Å². The van der Waals surface area contributed by atoms with Gasteiger partial charge in [-0.25, -0.2) is 0 Å². The van der Waals surface area contributed by atoms with E-state index in [9.17, 15) is 0 Å². The van der Waals surface area contributed by atoms with Crippen LogP contribution >= 0.6 is 0 Å². The van der Waals surface area contributed by atoms with Crippen LogP contribution in [-0.2, 0) is 0 Å². The molecule has 2 heterocycles. The van der Waals surface area contributed by atoms with Crippen molar-refractivity contribution in [3.05, 3.63) is 48.3 Å². The number of anilines is 1. The smallest absolute Gasteiger partial charge is 0.156 e. The van der Waals surface area contributed by atoms with Crippen LogP contribution in [0.5, 0.6) is 0 Å². The van der Waals surface area contributed by atoms with Crippen molar-refractivity contribution < 1.29 is 0 Å². The summed E-state index contributed by atoms with van der Waals surface area (Å²) in [6.07, 6.45) is 3.64. The molecule has 3 rings (SSSR count).